The van der Waals surface area contributed by atoms with Gasteiger partial charge in [-0.15, -0.1) is 0 Å². The summed E-state index contributed by atoms with van der Waals surface area (Å²) in [6, 6.07) is 11.4. The fourth-order valence-electron chi connectivity index (χ4n) is 3.66. The third kappa shape index (κ3) is 4.21. The molecule has 0 spiro atoms. The summed E-state index contributed by atoms with van der Waals surface area (Å²) >= 11 is 0. The zero-order valence-electron chi connectivity index (χ0n) is 12.9. The van der Waals surface area contributed by atoms with Crippen molar-refractivity contribution in [3.8, 4) is 0 Å². The van der Waals surface area contributed by atoms with E-state index in [1.165, 1.54) is 31.4 Å². The summed E-state index contributed by atoms with van der Waals surface area (Å²) in [5.74, 6) is 0.778. The molecule has 21 heavy (non-hydrogen) atoms. The van der Waals surface area contributed by atoms with Gasteiger partial charge >= 0.3 is 0 Å². The Morgan fingerprint density at radius 1 is 0.952 bits per heavy atom. The number of anilines is 1. The van der Waals surface area contributed by atoms with Crippen molar-refractivity contribution >= 4 is 5.69 Å². The summed E-state index contributed by atoms with van der Waals surface area (Å²) in [4.78, 5) is 2.50. The minimum Gasteiger partial charge on any atom is -0.393 e. The van der Waals surface area contributed by atoms with Crippen LogP contribution >= 0.6 is 0 Å². The van der Waals surface area contributed by atoms with Gasteiger partial charge in [0.25, 0.3) is 0 Å². The molecule has 3 nitrogen and oxygen atoms in total. The molecule has 3 heteroatoms. The molecule has 1 aliphatic heterocycles. The van der Waals surface area contributed by atoms with Gasteiger partial charge in [0.15, 0.2) is 0 Å². The van der Waals surface area contributed by atoms with E-state index in [0.29, 0.717) is 6.04 Å². The van der Waals surface area contributed by atoms with Gasteiger partial charge in [0.05, 0.1) is 6.10 Å². The van der Waals surface area contributed by atoms with Crippen LogP contribution in [-0.4, -0.2) is 36.9 Å². The lowest BCUT2D eigenvalue weighted by Crippen LogP contribution is -2.44. The third-order valence-electron chi connectivity index (χ3n) is 5.13. The van der Waals surface area contributed by atoms with Gasteiger partial charge in [-0.2, -0.15) is 0 Å². The summed E-state index contributed by atoms with van der Waals surface area (Å²) in [6.45, 7) is 3.46. The van der Waals surface area contributed by atoms with E-state index in [9.17, 15) is 5.11 Å². The van der Waals surface area contributed by atoms with Crippen molar-refractivity contribution < 1.29 is 5.11 Å². The lowest BCUT2D eigenvalue weighted by molar-refractivity contribution is 0.107. The SMILES string of the molecule is OC1CCC(CNC2CCN(c3ccccc3)CC2)CC1. The molecule has 2 aliphatic rings. The lowest BCUT2D eigenvalue weighted by Gasteiger charge is -2.35. The van der Waals surface area contributed by atoms with Crippen molar-refractivity contribution in [2.24, 2.45) is 5.92 Å². The molecule has 0 unspecified atom stereocenters. The van der Waals surface area contributed by atoms with E-state index >= 15 is 0 Å². The summed E-state index contributed by atoms with van der Waals surface area (Å²) in [6.07, 6.45) is 6.83. The number of rotatable bonds is 4. The van der Waals surface area contributed by atoms with Gasteiger partial charge < -0.3 is 15.3 Å². The van der Waals surface area contributed by atoms with E-state index in [1.54, 1.807) is 0 Å². The van der Waals surface area contributed by atoms with Crippen LogP contribution in [-0.2, 0) is 0 Å². The highest BCUT2D eigenvalue weighted by Crippen LogP contribution is 2.24. The van der Waals surface area contributed by atoms with Gasteiger partial charge in [-0.05, 0) is 63.1 Å². The van der Waals surface area contributed by atoms with Crippen LogP contribution in [0.3, 0.4) is 0 Å². The zero-order valence-corrected chi connectivity index (χ0v) is 12.9. The number of para-hydroxylation sites is 1. The van der Waals surface area contributed by atoms with Gasteiger partial charge in [-0.25, -0.2) is 0 Å². The molecule has 0 bridgehead atoms. The standard InChI is InChI=1S/C18H28N2O/c21-18-8-6-15(7-9-18)14-19-16-10-12-20(13-11-16)17-4-2-1-3-5-17/h1-5,15-16,18-19,21H,6-14H2. The predicted molar refractivity (Wildman–Crippen MR) is 87.6 cm³/mol. The monoisotopic (exact) mass is 288 g/mol. The van der Waals surface area contributed by atoms with Crippen molar-refractivity contribution in [3.63, 3.8) is 0 Å². The van der Waals surface area contributed by atoms with Crippen molar-refractivity contribution in [1.29, 1.82) is 0 Å². The summed E-state index contributed by atoms with van der Waals surface area (Å²) in [5, 5.41) is 13.3. The third-order valence-corrected chi connectivity index (χ3v) is 5.13. The van der Waals surface area contributed by atoms with Crippen LogP contribution in [0.15, 0.2) is 30.3 Å². The van der Waals surface area contributed by atoms with Gasteiger partial charge in [0.1, 0.15) is 0 Å². The number of hydrogen-bond donors (Lipinski definition) is 2. The first kappa shape index (κ1) is 14.9. The van der Waals surface area contributed by atoms with Crippen LogP contribution in [0.2, 0.25) is 0 Å². The normalized spacial score (nSPS) is 27.8. The minimum absolute atomic E-state index is 0.0321. The smallest absolute Gasteiger partial charge is 0.0540 e. The number of aliphatic hydroxyl groups excluding tert-OH is 1. The molecule has 0 amide bonds. The first-order valence-corrected chi connectivity index (χ1v) is 8.52. The van der Waals surface area contributed by atoms with Crippen LogP contribution in [0.25, 0.3) is 0 Å². The molecule has 3 rings (SSSR count). The Hall–Kier alpha value is -1.06. The maximum Gasteiger partial charge on any atom is 0.0540 e. The molecule has 1 saturated carbocycles. The first-order valence-electron chi connectivity index (χ1n) is 8.52. The van der Waals surface area contributed by atoms with E-state index in [2.05, 4.69) is 40.5 Å². The molecule has 116 valence electrons. The molecule has 1 aromatic rings. The predicted octanol–water partition coefficient (Wildman–Crippen LogP) is 2.80. The quantitative estimate of drug-likeness (QED) is 0.894. The van der Waals surface area contributed by atoms with Crippen LogP contribution in [0, 0.1) is 5.92 Å². The Morgan fingerprint density at radius 3 is 2.29 bits per heavy atom. The Bertz CT molecular complexity index is 406. The van der Waals surface area contributed by atoms with E-state index in [0.717, 1.165) is 38.4 Å². The molecule has 1 aliphatic carbocycles. The minimum atomic E-state index is -0.0321. The number of piperidine rings is 1. The second-order valence-electron chi connectivity index (χ2n) is 6.68. The van der Waals surface area contributed by atoms with Crippen LogP contribution in [0.4, 0.5) is 5.69 Å². The fourth-order valence-corrected chi connectivity index (χ4v) is 3.66. The molecule has 2 N–H and O–H groups in total. The highest BCUT2D eigenvalue weighted by molar-refractivity contribution is 5.46. The molecular formula is C18H28N2O. The average Bonchev–Trinajstić information content (AvgIpc) is 2.56. The molecule has 0 aromatic heterocycles. The first-order chi connectivity index (χ1) is 10.3. The molecule has 0 atom stereocenters. The van der Waals surface area contributed by atoms with E-state index in [4.69, 9.17) is 0 Å². The molecule has 0 radical (unpaired) electrons. The number of nitrogens with one attached hydrogen (secondary N) is 1. The second-order valence-corrected chi connectivity index (χ2v) is 6.68. The summed E-state index contributed by atoms with van der Waals surface area (Å²) in [5.41, 5.74) is 1.36. The van der Waals surface area contributed by atoms with Gasteiger partial charge in [0, 0.05) is 24.8 Å². The van der Waals surface area contributed by atoms with Gasteiger partial charge in [-0.3, -0.25) is 0 Å². The van der Waals surface area contributed by atoms with Crippen molar-refractivity contribution in [2.75, 3.05) is 24.5 Å². The van der Waals surface area contributed by atoms with E-state index in [1.807, 2.05) is 0 Å². The molecule has 2 fully saturated rings. The fraction of sp³-hybridized carbons (Fsp3) is 0.667. The Morgan fingerprint density at radius 2 is 1.62 bits per heavy atom. The van der Waals surface area contributed by atoms with Gasteiger partial charge in [0.2, 0.25) is 0 Å². The lowest BCUT2D eigenvalue weighted by atomic mass is 9.87. The van der Waals surface area contributed by atoms with Crippen LogP contribution in [0.1, 0.15) is 38.5 Å². The number of benzene rings is 1. The molecule has 1 heterocycles. The number of nitrogens with zero attached hydrogens (tertiary/aromatic N) is 1. The average molecular weight is 288 g/mol. The Kier molecular flexibility index (Phi) is 5.15. The maximum atomic E-state index is 9.56. The second kappa shape index (κ2) is 7.28. The summed E-state index contributed by atoms with van der Waals surface area (Å²) < 4.78 is 0. The molecular weight excluding hydrogens is 260 g/mol. The topological polar surface area (TPSA) is 35.5 Å². The highest BCUT2D eigenvalue weighted by atomic mass is 16.3. The van der Waals surface area contributed by atoms with Crippen LogP contribution in [0.5, 0.6) is 0 Å². The van der Waals surface area contributed by atoms with Crippen LogP contribution < -0.4 is 10.2 Å². The van der Waals surface area contributed by atoms with Crippen molar-refractivity contribution in [3.05, 3.63) is 30.3 Å². The number of aliphatic hydroxyl groups is 1. The molecule has 1 aromatic carbocycles. The Labute approximate surface area is 128 Å². The van der Waals surface area contributed by atoms with E-state index < -0.39 is 0 Å². The number of hydrogen-bond acceptors (Lipinski definition) is 3. The maximum absolute atomic E-state index is 9.56. The largest absolute Gasteiger partial charge is 0.393 e. The summed E-state index contributed by atoms with van der Waals surface area (Å²) in [7, 11) is 0. The Balaban J connectivity index is 1.38. The highest BCUT2D eigenvalue weighted by Gasteiger charge is 2.22. The van der Waals surface area contributed by atoms with Crippen molar-refractivity contribution in [1.82, 2.24) is 5.32 Å². The van der Waals surface area contributed by atoms with E-state index in [-0.39, 0.29) is 6.10 Å². The molecule has 1 saturated heterocycles. The van der Waals surface area contributed by atoms with Gasteiger partial charge in [-0.1, -0.05) is 18.2 Å². The van der Waals surface area contributed by atoms with Crippen molar-refractivity contribution in [2.45, 2.75) is 50.7 Å². The zero-order chi connectivity index (χ0) is 14.5.